The first-order valence-corrected chi connectivity index (χ1v) is 10.7. The zero-order chi connectivity index (χ0) is 21.2. The van der Waals surface area contributed by atoms with E-state index in [1.165, 1.54) is 17.8 Å². The number of ether oxygens (including phenoxy) is 1. The smallest absolute Gasteiger partial charge is 0.262 e. The number of amides is 1. The van der Waals surface area contributed by atoms with Crippen molar-refractivity contribution in [1.82, 2.24) is 0 Å². The lowest BCUT2D eigenvalue weighted by Crippen LogP contribution is -2.17. The number of carbonyl (C=O) groups is 1. The molecule has 1 N–H and O–H groups in total. The number of fused-ring (bicyclic) bond motifs is 2. The molecular weight excluding hydrogens is 409 g/mol. The van der Waals surface area contributed by atoms with Crippen molar-refractivity contribution in [2.75, 3.05) is 5.32 Å². The molecule has 1 amide bonds. The zero-order valence-corrected chi connectivity index (χ0v) is 17.3. The maximum atomic E-state index is 14.1. The van der Waals surface area contributed by atoms with Crippen LogP contribution >= 0.6 is 11.8 Å². The summed E-state index contributed by atoms with van der Waals surface area (Å²) in [6.07, 6.45) is 1.86. The number of rotatable bonds is 4. The van der Waals surface area contributed by atoms with Gasteiger partial charge in [0.25, 0.3) is 5.91 Å². The number of hydrogen-bond acceptors (Lipinski definition) is 3. The Balaban J connectivity index is 1.56. The molecule has 0 aliphatic carbocycles. The topological polar surface area (TPSA) is 38.3 Å². The highest BCUT2D eigenvalue weighted by atomic mass is 32.2. The minimum Gasteiger partial charge on any atom is -0.488 e. The van der Waals surface area contributed by atoms with E-state index in [9.17, 15) is 9.18 Å². The van der Waals surface area contributed by atoms with Crippen LogP contribution in [0.25, 0.3) is 16.8 Å². The van der Waals surface area contributed by atoms with Gasteiger partial charge >= 0.3 is 0 Å². The van der Waals surface area contributed by atoms with E-state index in [1.807, 2.05) is 66.7 Å². The van der Waals surface area contributed by atoms with Crippen LogP contribution in [0, 0.1) is 5.82 Å². The second-order valence-corrected chi connectivity index (χ2v) is 8.22. The fourth-order valence-electron chi connectivity index (χ4n) is 3.56. The van der Waals surface area contributed by atoms with Crippen molar-refractivity contribution in [3.63, 3.8) is 0 Å². The lowest BCUT2D eigenvalue weighted by molar-refractivity contribution is -0.112. The Morgan fingerprint density at radius 3 is 2.58 bits per heavy atom. The Morgan fingerprint density at radius 2 is 1.68 bits per heavy atom. The molecule has 4 aromatic rings. The maximum absolute atomic E-state index is 14.1. The third kappa shape index (κ3) is 3.92. The summed E-state index contributed by atoms with van der Waals surface area (Å²) in [6.45, 7) is 0.101. The van der Waals surface area contributed by atoms with Gasteiger partial charge in [0, 0.05) is 16.0 Å². The Morgan fingerprint density at radius 1 is 0.903 bits per heavy atom. The summed E-state index contributed by atoms with van der Waals surface area (Å²) in [6, 6.07) is 26.0. The SMILES string of the molecule is O=C1Nc2ccccc2S/C1=C\c1c(OCc2ccccc2F)ccc2ccccc12. The highest BCUT2D eigenvalue weighted by Crippen LogP contribution is 2.40. The Hall–Kier alpha value is -3.57. The molecule has 4 aromatic carbocycles. The van der Waals surface area contributed by atoms with E-state index in [4.69, 9.17) is 4.74 Å². The molecule has 0 aromatic heterocycles. The van der Waals surface area contributed by atoms with Crippen LogP contribution in [-0.2, 0) is 11.4 Å². The van der Waals surface area contributed by atoms with Crippen LogP contribution in [0.15, 0.2) is 94.7 Å². The molecule has 3 nitrogen and oxygen atoms in total. The van der Waals surface area contributed by atoms with Gasteiger partial charge < -0.3 is 10.1 Å². The monoisotopic (exact) mass is 427 g/mol. The Kier molecular flexibility index (Phi) is 5.18. The van der Waals surface area contributed by atoms with Crippen LogP contribution in [0.3, 0.4) is 0 Å². The van der Waals surface area contributed by atoms with Gasteiger partial charge in [-0.25, -0.2) is 4.39 Å². The summed E-state index contributed by atoms with van der Waals surface area (Å²) in [5.74, 6) is 0.139. The van der Waals surface area contributed by atoms with Gasteiger partial charge in [-0.1, -0.05) is 72.4 Å². The molecule has 0 saturated heterocycles. The van der Waals surface area contributed by atoms with Crippen molar-refractivity contribution in [3.8, 4) is 5.75 Å². The normalized spacial score (nSPS) is 14.4. The van der Waals surface area contributed by atoms with E-state index >= 15 is 0 Å². The third-order valence-electron chi connectivity index (χ3n) is 5.13. The number of benzene rings is 4. The van der Waals surface area contributed by atoms with E-state index in [2.05, 4.69) is 5.32 Å². The molecule has 0 spiro atoms. The van der Waals surface area contributed by atoms with Crippen molar-refractivity contribution < 1.29 is 13.9 Å². The zero-order valence-electron chi connectivity index (χ0n) is 16.5. The second kappa shape index (κ2) is 8.28. The Labute approximate surface area is 183 Å². The molecule has 0 saturated carbocycles. The predicted molar refractivity (Wildman–Crippen MR) is 124 cm³/mol. The number of halogens is 1. The van der Waals surface area contributed by atoms with Crippen molar-refractivity contribution in [2.45, 2.75) is 11.5 Å². The van der Waals surface area contributed by atoms with Crippen molar-refractivity contribution >= 4 is 40.2 Å². The van der Waals surface area contributed by atoms with Crippen molar-refractivity contribution in [3.05, 3.63) is 107 Å². The number of thioether (sulfide) groups is 1. The molecule has 1 heterocycles. The fourth-order valence-corrected chi connectivity index (χ4v) is 4.49. The maximum Gasteiger partial charge on any atom is 0.262 e. The molecule has 1 aliphatic rings. The summed E-state index contributed by atoms with van der Waals surface area (Å²) in [4.78, 5) is 14.3. The average Bonchev–Trinajstić information content (AvgIpc) is 2.80. The van der Waals surface area contributed by atoms with E-state index in [0.29, 0.717) is 16.2 Å². The van der Waals surface area contributed by atoms with Gasteiger partial charge in [0.1, 0.15) is 18.2 Å². The van der Waals surface area contributed by atoms with Crippen LogP contribution in [0.1, 0.15) is 11.1 Å². The van der Waals surface area contributed by atoms with Crippen molar-refractivity contribution in [2.24, 2.45) is 0 Å². The largest absolute Gasteiger partial charge is 0.488 e. The van der Waals surface area contributed by atoms with Gasteiger partial charge in [0.05, 0.1) is 10.6 Å². The molecule has 5 rings (SSSR count). The number of hydrogen-bond donors (Lipinski definition) is 1. The molecule has 0 bridgehead atoms. The number of para-hydroxylation sites is 1. The molecule has 0 radical (unpaired) electrons. The quantitative estimate of drug-likeness (QED) is 0.371. The first kappa shape index (κ1) is 19.4. The van der Waals surface area contributed by atoms with Gasteiger partial charge in [-0.05, 0) is 41.1 Å². The van der Waals surface area contributed by atoms with Crippen LogP contribution in [-0.4, -0.2) is 5.91 Å². The molecule has 0 unspecified atom stereocenters. The highest BCUT2D eigenvalue weighted by Gasteiger charge is 2.21. The highest BCUT2D eigenvalue weighted by molar-refractivity contribution is 8.04. The Bertz CT molecular complexity index is 1330. The molecule has 0 fully saturated rings. The van der Waals surface area contributed by atoms with Gasteiger partial charge in [-0.15, -0.1) is 0 Å². The molecule has 31 heavy (non-hydrogen) atoms. The van der Waals surface area contributed by atoms with Crippen LogP contribution in [0.2, 0.25) is 0 Å². The first-order valence-electron chi connectivity index (χ1n) is 9.87. The summed E-state index contributed by atoms with van der Waals surface area (Å²) >= 11 is 1.43. The van der Waals surface area contributed by atoms with Crippen molar-refractivity contribution in [1.29, 1.82) is 0 Å². The standard InChI is InChI=1S/C26H18FNO2S/c27-21-10-4-2-8-18(21)16-30-23-14-13-17-7-1-3-9-19(17)20(23)15-25-26(29)28-22-11-5-6-12-24(22)31-25/h1-15H,16H2,(H,28,29)/b25-15-. The first-order chi connectivity index (χ1) is 15.2. The van der Waals surface area contributed by atoms with E-state index < -0.39 is 0 Å². The van der Waals surface area contributed by atoms with Gasteiger partial charge in [-0.2, -0.15) is 0 Å². The van der Waals surface area contributed by atoms with Crippen LogP contribution in [0.4, 0.5) is 10.1 Å². The molecule has 5 heteroatoms. The summed E-state index contributed by atoms with van der Waals surface area (Å²) in [7, 11) is 0. The number of carbonyl (C=O) groups excluding carboxylic acids is 1. The van der Waals surface area contributed by atoms with Crippen LogP contribution in [0.5, 0.6) is 5.75 Å². The minimum absolute atomic E-state index is 0.101. The fraction of sp³-hybridized carbons (Fsp3) is 0.0385. The van der Waals surface area contributed by atoms with Gasteiger partial charge in [-0.3, -0.25) is 4.79 Å². The van der Waals surface area contributed by atoms with E-state index in [0.717, 1.165) is 26.9 Å². The number of anilines is 1. The lowest BCUT2D eigenvalue weighted by Gasteiger charge is -2.19. The second-order valence-electron chi connectivity index (χ2n) is 7.14. The van der Waals surface area contributed by atoms with E-state index in [-0.39, 0.29) is 18.3 Å². The third-order valence-corrected chi connectivity index (χ3v) is 6.23. The molecular formula is C26H18FNO2S. The predicted octanol–water partition coefficient (Wildman–Crippen LogP) is 6.64. The minimum atomic E-state index is -0.304. The summed E-state index contributed by atoms with van der Waals surface area (Å²) < 4.78 is 20.1. The molecule has 0 atom stereocenters. The van der Waals surface area contributed by atoms with Gasteiger partial charge in [0.15, 0.2) is 0 Å². The lowest BCUT2D eigenvalue weighted by atomic mass is 10.0. The van der Waals surface area contributed by atoms with Crippen LogP contribution < -0.4 is 10.1 Å². The van der Waals surface area contributed by atoms with E-state index in [1.54, 1.807) is 18.2 Å². The summed E-state index contributed by atoms with van der Waals surface area (Å²) in [5.41, 5.74) is 2.09. The number of nitrogens with one attached hydrogen (secondary N) is 1. The average molecular weight is 428 g/mol. The van der Waals surface area contributed by atoms with Gasteiger partial charge in [0.2, 0.25) is 0 Å². The molecule has 1 aliphatic heterocycles. The summed E-state index contributed by atoms with van der Waals surface area (Å²) in [5, 5.41) is 4.95. The molecule has 152 valence electrons.